The lowest BCUT2D eigenvalue weighted by Crippen LogP contribution is -2.03. The van der Waals surface area contributed by atoms with Crippen LogP contribution in [0.15, 0.2) is 18.3 Å². The van der Waals surface area contributed by atoms with Gasteiger partial charge in [0.1, 0.15) is 0 Å². The lowest BCUT2D eigenvalue weighted by Gasteiger charge is -2.00. The van der Waals surface area contributed by atoms with Gasteiger partial charge >= 0.3 is 0 Å². The summed E-state index contributed by atoms with van der Waals surface area (Å²) in [4.78, 5) is 0. The highest BCUT2D eigenvalue weighted by Gasteiger charge is 2.00. The average molecular weight is 180 g/mol. The van der Waals surface area contributed by atoms with Crippen molar-refractivity contribution in [3.8, 4) is 0 Å². The number of hydrogen-bond acceptors (Lipinski definition) is 3. The van der Waals surface area contributed by atoms with E-state index in [1.807, 2.05) is 20.0 Å². The summed E-state index contributed by atoms with van der Waals surface area (Å²) in [6, 6.07) is 0. The maximum Gasteiger partial charge on any atom is 0.171 e. The summed E-state index contributed by atoms with van der Waals surface area (Å²) < 4.78 is 1.70. The molecule has 13 heavy (non-hydrogen) atoms. The highest BCUT2D eigenvalue weighted by molar-refractivity contribution is 5.59. The van der Waals surface area contributed by atoms with Gasteiger partial charge in [-0.15, -0.1) is 0 Å². The average Bonchev–Trinajstić information content (AvgIpc) is 2.39. The van der Waals surface area contributed by atoms with Gasteiger partial charge in [-0.2, -0.15) is 5.10 Å². The number of aryl methyl sites for hydroxylation is 1. The number of rotatable bonds is 4. The minimum atomic E-state index is 0.697. The lowest BCUT2D eigenvalue weighted by molar-refractivity contribution is 0.768. The first-order chi connectivity index (χ1) is 6.24. The van der Waals surface area contributed by atoms with Crippen LogP contribution in [0.1, 0.15) is 13.3 Å². The van der Waals surface area contributed by atoms with Crippen molar-refractivity contribution in [3.05, 3.63) is 18.3 Å². The first-order valence-electron chi connectivity index (χ1n) is 4.38. The quantitative estimate of drug-likeness (QED) is 0.543. The van der Waals surface area contributed by atoms with E-state index in [2.05, 4.69) is 16.5 Å². The van der Waals surface area contributed by atoms with Crippen LogP contribution in [0.3, 0.4) is 0 Å². The number of nitrogens with zero attached hydrogens (tertiary/aromatic N) is 2. The van der Waals surface area contributed by atoms with E-state index >= 15 is 0 Å². The molecule has 0 fully saturated rings. The van der Waals surface area contributed by atoms with Gasteiger partial charge in [0, 0.05) is 19.8 Å². The highest BCUT2D eigenvalue weighted by atomic mass is 15.3. The summed E-state index contributed by atoms with van der Waals surface area (Å²) in [5, 5.41) is 7.32. The van der Waals surface area contributed by atoms with Crippen LogP contribution in [0.25, 0.3) is 0 Å². The Bertz CT molecular complexity index is 288. The zero-order chi connectivity index (χ0) is 9.68. The largest absolute Gasteiger partial charge is 0.394 e. The van der Waals surface area contributed by atoms with Crippen LogP contribution in [0.4, 0.5) is 11.5 Å². The molecule has 1 aromatic heterocycles. The molecular weight excluding hydrogens is 164 g/mol. The first-order valence-corrected chi connectivity index (χ1v) is 4.38. The second-order valence-corrected chi connectivity index (χ2v) is 2.89. The minimum absolute atomic E-state index is 0.697. The van der Waals surface area contributed by atoms with Gasteiger partial charge in [0.05, 0.1) is 5.69 Å². The summed E-state index contributed by atoms with van der Waals surface area (Å²) in [5.74, 6) is 0.770. The topological polar surface area (TPSA) is 55.9 Å². The smallest absolute Gasteiger partial charge is 0.171 e. The Morgan fingerprint density at radius 2 is 2.46 bits per heavy atom. The fourth-order valence-corrected chi connectivity index (χ4v) is 1.08. The van der Waals surface area contributed by atoms with Gasteiger partial charge in [-0.1, -0.05) is 12.2 Å². The number of anilines is 2. The van der Waals surface area contributed by atoms with Gasteiger partial charge in [-0.25, -0.2) is 0 Å². The molecule has 0 aliphatic heterocycles. The lowest BCUT2D eigenvalue weighted by atomic mass is 10.4. The molecule has 0 saturated carbocycles. The van der Waals surface area contributed by atoms with Crippen LogP contribution in [-0.4, -0.2) is 16.3 Å². The molecule has 0 aliphatic carbocycles. The third-order valence-corrected chi connectivity index (χ3v) is 1.70. The van der Waals surface area contributed by atoms with Crippen molar-refractivity contribution < 1.29 is 0 Å². The van der Waals surface area contributed by atoms with E-state index in [0.29, 0.717) is 5.69 Å². The molecule has 0 spiro atoms. The molecule has 4 heteroatoms. The Labute approximate surface area is 78.4 Å². The predicted molar refractivity (Wildman–Crippen MR) is 55.5 cm³/mol. The van der Waals surface area contributed by atoms with E-state index < -0.39 is 0 Å². The zero-order valence-electron chi connectivity index (χ0n) is 8.12. The summed E-state index contributed by atoms with van der Waals surface area (Å²) in [5.41, 5.74) is 6.39. The van der Waals surface area contributed by atoms with E-state index in [0.717, 1.165) is 18.8 Å². The SMILES string of the molecule is C/C=C/CCNc1nn(C)cc1N. The van der Waals surface area contributed by atoms with Crippen LogP contribution >= 0.6 is 0 Å². The molecule has 72 valence electrons. The van der Waals surface area contributed by atoms with Crippen LogP contribution in [-0.2, 0) is 7.05 Å². The van der Waals surface area contributed by atoms with Crippen LogP contribution in [0.5, 0.6) is 0 Å². The third-order valence-electron chi connectivity index (χ3n) is 1.70. The van der Waals surface area contributed by atoms with Gasteiger partial charge < -0.3 is 11.1 Å². The minimum Gasteiger partial charge on any atom is -0.394 e. The molecular formula is C9H16N4. The zero-order valence-corrected chi connectivity index (χ0v) is 8.12. The Balaban J connectivity index is 2.40. The van der Waals surface area contributed by atoms with E-state index in [9.17, 15) is 0 Å². The molecule has 0 bridgehead atoms. The normalized spacial score (nSPS) is 10.9. The van der Waals surface area contributed by atoms with Crippen molar-refractivity contribution in [1.82, 2.24) is 9.78 Å². The number of nitrogen functional groups attached to an aromatic ring is 1. The van der Waals surface area contributed by atoms with Crippen LogP contribution in [0, 0.1) is 0 Å². The van der Waals surface area contributed by atoms with Gasteiger partial charge in [0.15, 0.2) is 5.82 Å². The van der Waals surface area contributed by atoms with E-state index in [1.165, 1.54) is 0 Å². The Morgan fingerprint density at radius 3 is 3.00 bits per heavy atom. The fraction of sp³-hybridized carbons (Fsp3) is 0.444. The van der Waals surface area contributed by atoms with Gasteiger partial charge in [0.2, 0.25) is 0 Å². The van der Waals surface area contributed by atoms with Crippen molar-refractivity contribution >= 4 is 11.5 Å². The van der Waals surface area contributed by atoms with Crippen LogP contribution < -0.4 is 11.1 Å². The summed E-state index contributed by atoms with van der Waals surface area (Å²) in [6.45, 7) is 2.88. The number of nitrogens with one attached hydrogen (secondary N) is 1. The highest BCUT2D eigenvalue weighted by Crippen LogP contribution is 2.13. The second-order valence-electron chi connectivity index (χ2n) is 2.89. The molecule has 0 aromatic carbocycles. The molecule has 0 aliphatic rings. The van der Waals surface area contributed by atoms with Crippen molar-refractivity contribution in [3.63, 3.8) is 0 Å². The van der Waals surface area contributed by atoms with Crippen molar-refractivity contribution in [2.24, 2.45) is 7.05 Å². The maximum absolute atomic E-state index is 5.69. The molecule has 0 radical (unpaired) electrons. The second kappa shape index (κ2) is 4.54. The molecule has 0 atom stereocenters. The van der Waals surface area contributed by atoms with Crippen molar-refractivity contribution in [1.29, 1.82) is 0 Å². The monoisotopic (exact) mass is 180 g/mol. The molecule has 1 aromatic rings. The van der Waals surface area contributed by atoms with E-state index in [4.69, 9.17) is 5.73 Å². The predicted octanol–water partition coefficient (Wildman–Crippen LogP) is 1.38. The third kappa shape index (κ3) is 2.82. The molecule has 3 N–H and O–H groups in total. The molecule has 4 nitrogen and oxygen atoms in total. The van der Waals surface area contributed by atoms with Gasteiger partial charge in [-0.05, 0) is 13.3 Å². The fourth-order valence-electron chi connectivity index (χ4n) is 1.08. The van der Waals surface area contributed by atoms with Gasteiger partial charge in [0.25, 0.3) is 0 Å². The summed E-state index contributed by atoms with van der Waals surface area (Å²) in [7, 11) is 1.85. The van der Waals surface area contributed by atoms with Gasteiger partial charge in [-0.3, -0.25) is 4.68 Å². The number of allylic oxidation sites excluding steroid dienone is 1. The Morgan fingerprint density at radius 1 is 1.69 bits per heavy atom. The Hall–Kier alpha value is -1.45. The molecule has 1 rings (SSSR count). The maximum atomic E-state index is 5.69. The van der Waals surface area contributed by atoms with E-state index in [1.54, 1.807) is 10.9 Å². The number of nitrogens with two attached hydrogens (primary N) is 1. The molecule has 1 heterocycles. The summed E-state index contributed by atoms with van der Waals surface area (Å²) in [6.07, 6.45) is 6.92. The van der Waals surface area contributed by atoms with Crippen molar-refractivity contribution in [2.75, 3.05) is 17.6 Å². The molecule has 0 unspecified atom stereocenters. The Kier molecular flexibility index (Phi) is 3.37. The molecule has 0 amide bonds. The number of hydrogen-bond donors (Lipinski definition) is 2. The summed E-state index contributed by atoms with van der Waals surface area (Å²) >= 11 is 0. The first kappa shape index (κ1) is 9.64. The van der Waals surface area contributed by atoms with E-state index in [-0.39, 0.29) is 0 Å². The number of aromatic nitrogens is 2. The standard InChI is InChI=1S/C9H16N4/c1-3-4-5-6-11-9-8(10)7-13(2)12-9/h3-4,7H,5-6,10H2,1-2H3,(H,11,12)/b4-3+. The van der Waals surface area contributed by atoms with Crippen LogP contribution in [0.2, 0.25) is 0 Å². The molecule has 0 saturated heterocycles. The van der Waals surface area contributed by atoms with Crippen molar-refractivity contribution in [2.45, 2.75) is 13.3 Å².